The quantitative estimate of drug-likeness (QED) is 0.859. The minimum atomic E-state index is -3.35. The number of aliphatic hydroxyl groups is 1. The monoisotopic (exact) mass is 267 g/mol. The van der Waals surface area contributed by atoms with Gasteiger partial charge in [-0.25, -0.2) is 8.78 Å². The lowest BCUT2D eigenvalue weighted by atomic mass is 10.0. The zero-order valence-electron chi connectivity index (χ0n) is 9.40. The van der Waals surface area contributed by atoms with Gasteiger partial charge in [0, 0.05) is 5.56 Å². The molecule has 6 heteroatoms. The van der Waals surface area contributed by atoms with Crippen LogP contribution < -0.4 is 10.5 Å². The molecule has 98 valence electrons. The summed E-state index contributed by atoms with van der Waals surface area (Å²) < 4.78 is 31.6. The van der Waals surface area contributed by atoms with E-state index < -0.39 is 18.6 Å². The van der Waals surface area contributed by atoms with E-state index in [1.165, 1.54) is 6.07 Å². The van der Waals surface area contributed by atoms with Gasteiger partial charge in [0.05, 0.1) is 6.61 Å². The molecule has 0 radical (unpaired) electrons. The van der Waals surface area contributed by atoms with Gasteiger partial charge in [-0.1, -0.05) is 18.2 Å². The summed E-state index contributed by atoms with van der Waals surface area (Å²) in [7, 11) is 0. The van der Waals surface area contributed by atoms with E-state index in [2.05, 4.69) is 0 Å². The van der Waals surface area contributed by atoms with Crippen molar-refractivity contribution < 1.29 is 18.6 Å². The Hall–Kier alpha value is -0.910. The highest BCUT2D eigenvalue weighted by atomic mass is 35.5. The maximum absolute atomic E-state index is 13.2. The molecule has 1 aromatic rings. The van der Waals surface area contributed by atoms with Crippen LogP contribution in [-0.2, 0) is 0 Å². The predicted octanol–water partition coefficient (Wildman–Crippen LogP) is 2.13. The Morgan fingerprint density at radius 1 is 1.41 bits per heavy atom. The van der Waals surface area contributed by atoms with Crippen molar-refractivity contribution in [1.29, 1.82) is 0 Å². The van der Waals surface area contributed by atoms with Gasteiger partial charge in [0.2, 0.25) is 0 Å². The Kier molecular flexibility index (Phi) is 6.37. The first-order valence-electron chi connectivity index (χ1n) is 4.99. The van der Waals surface area contributed by atoms with Gasteiger partial charge >= 0.3 is 0 Å². The van der Waals surface area contributed by atoms with Crippen molar-refractivity contribution in [3.63, 3.8) is 0 Å². The minimum absolute atomic E-state index is 0. The molecule has 0 aromatic heterocycles. The third-order valence-corrected chi connectivity index (χ3v) is 2.22. The number of halogens is 3. The van der Waals surface area contributed by atoms with Crippen LogP contribution in [0.25, 0.3) is 0 Å². The van der Waals surface area contributed by atoms with Crippen molar-refractivity contribution in [3.05, 3.63) is 29.8 Å². The Morgan fingerprint density at radius 2 is 2.00 bits per heavy atom. The number of para-hydroxylation sites is 1. The maximum Gasteiger partial charge on any atom is 0.289 e. The molecule has 3 N–H and O–H groups in total. The number of rotatable bonds is 5. The van der Waals surface area contributed by atoms with Gasteiger partial charge in [-0.15, -0.1) is 12.4 Å². The molecule has 17 heavy (non-hydrogen) atoms. The SMILES string of the molecule is CCOc1ccccc1[C@@H](N)C(F)(F)CO.Cl. The molecule has 1 rings (SSSR count). The predicted molar refractivity (Wildman–Crippen MR) is 63.8 cm³/mol. The summed E-state index contributed by atoms with van der Waals surface area (Å²) in [5.74, 6) is -3.03. The first-order chi connectivity index (χ1) is 7.53. The van der Waals surface area contributed by atoms with Crippen LogP contribution in [0.1, 0.15) is 18.5 Å². The molecule has 0 saturated carbocycles. The molecule has 0 aliphatic carbocycles. The molecule has 1 aromatic carbocycles. The molecule has 3 nitrogen and oxygen atoms in total. The van der Waals surface area contributed by atoms with E-state index in [0.717, 1.165) is 0 Å². The van der Waals surface area contributed by atoms with E-state index in [9.17, 15) is 8.78 Å². The minimum Gasteiger partial charge on any atom is -0.494 e. The van der Waals surface area contributed by atoms with Crippen LogP contribution >= 0.6 is 12.4 Å². The van der Waals surface area contributed by atoms with Gasteiger partial charge in [0.15, 0.2) is 0 Å². The van der Waals surface area contributed by atoms with E-state index in [-0.39, 0.29) is 18.0 Å². The van der Waals surface area contributed by atoms with Gasteiger partial charge in [-0.05, 0) is 13.0 Å². The van der Waals surface area contributed by atoms with Crippen molar-refractivity contribution in [3.8, 4) is 5.75 Å². The molecule has 0 aliphatic heterocycles. The van der Waals surface area contributed by atoms with Crippen LogP contribution in [0.2, 0.25) is 0 Å². The molecular weight excluding hydrogens is 252 g/mol. The number of hydrogen-bond donors (Lipinski definition) is 2. The zero-order valence-corrected chi connectivity index (χ0v) is 10.2. The topological polar surface area (TPSA) is 55.5 Å². The molecule has 1 atom stereocenters. The van der Waals surface area contributed by atoms with Crippen LogP contribution in [0.4, 0.5) is 8.78 Å². The van der Waals surface area contributed by atoms with Crippen LogP contribution in [0.15, 0.2) is 24.3 Å². The second-order valence-corrected chi connectivity index (χ2v) is 3.37. The van der Waals surface area contributed by atoms with Gasteiger partial charge in [0.25, 0.3) is 5.92 Å². The second kappa shape index (κ2) is 6.74. The summed E-state index contributed by atoms with van der Waals surface area (Å²) in [6.07, 6.45) is 0. The molecular formula is C11H16ClF2NO2. The summed E-state index contributed by atoms with van der Waals surface area (Å²) in [5.41, 5.74) is 5.62. The number of ether oxygens (including phenoxy) is 1. The van der Waals surface area contributed by atoms with E-state index in [1.807, 2.05) is 0 Å². The molecule has 0 unspecified atom stereocenters. The molecule has 0 bridgehead atoms. The normalized spacial score (nSPS) is 12.8. The number of benzene rings is 1. The summed E-state index contributed by atoms with van der Waals surface area (Å²) in [6, 6.07) is 4.76. The first kappa shape index (κ1) is 16.1. The van der Waals surface area contributed by atoms with Gasteiger partial charge < -0.3 is 15.6 Å². The molecule has 0 spiro atoms. The van der Waals surface area contributed by atoms with E-state index in [4.69, 9.17) is 15.6 Å². The lowest BCUT2D eigenvalue weighted by molar-refractivity contribution is -0.0716. The summed E-state index contributed by atoms with van der Waals surface area (Å²) in [6.45, 7) is 0.843. The van der Waals surface area contributed by atoms with Crippen molar-refractivity contribution in [2.75, 3.05) is 13.2 Å². The second-order valence-electron chi connectivity index (χ2n) is 3.37. The fourth-order valence-electron chi connectivity index (χ4n) is 1.35. The number of aliphatic hydroxyl groups excluding tert-OH is 1. The molecule has 0 saturated heterocycles. The Balaban J connectivity index is 0.00000256. The highest BCUT2D eigenvalue weighted by molar-refractivity contribution is 5.85. The largest absolute Gasteiger partial charge is 0.494 e. The zero-order chi connectivity index (χ0) is 12.2. The molecule has 0 amide bonds. The fourth-order valence-corrected chi connectivity index (χ4v) is 1.35. The maximum atomic E-state index is 13.2. The number of alkyl halides is 2. The van der Waals surface area contributed by atoms with Crippen molar-refractivity contribution in [2.45, 2.75) is 18.9 Å². The summed E-state index contributed by atoms with van der Waals surface area (Å²) >= 11 is 0. The van der Waals surface area contributed by atoms with E-state index >= 15 is 0 Å². The highest BCUT2D eigenvalue weighted by Crippen LogP contribution is 2.33. The molecule has 0 heterocycles. The highest BCUT2D eigenvalue weighted by Gasteiger charge is 2.38. The number of nitrogens with two attached hydrogens (primary N) is 1. The average Bonchev–Trinajstić information content (AvgIpc) is 2.29. The number of hydrogen-bond acceptors (Lipinski definition) is 3. The van der Waals surface area contributed by atoms with Gasteiger partial charge in [0.1, 0.15) is 18.4 Å². The van der Waals surface area contributed by atoms with E-state index in [1.54, 1.807) is 25.1 Å². The smallest absolute Gasteiger partial charge is 0.289 e. The fraction of sp³-hybridized carbons (Fsp3) is 0.455. The van der Waals surface area contributed by atoms with Gasteiger partial charge in [-0.3, -0.25) is 0 Å². The Morgan fingerprint density at radius 3 is 2.53 bits per heavy atom. The lowest BCUT2D eigenvalue weighted by Gasteiger charge is -2.23. The lowest BCUT2D eigenvalue weighted by Crippen LogP contribution is -2.36. The third kappa shape index (κ3) is 3.80. The third-order valence-electron chi connectivity index (χ3n) is 2.22. The van der Waals surface area contributed by atoms with Crippen LogP contribution in [0, 0.1) is 0 Å². The summed E-state index contributed by atoms with van der Waals surface area (Å²) in [5, 5.41) is 8.58. The van der Waals surface area contributed by atoms with Crippen molar-refractivity contribution in [1.82, 2.24) is 0 Å². The van der Waals surface area contributed by atoms with Crippen molar-refractivity contribution >= 4 is 12.4 Å². The van der Waals surface area contributed by atoms with E-state index in [0.29, 0.717) is 12.4 Å². The first-order valence-corrected chi connectivity index (χ1v) is 4.99. The molecule has 0 fully saturated rings. The Bertz CT molecular complexity index is 350. The standard InChI is InChI=1S/C11H15F2NO2.ClH/c1-2-16-9-6-4-3-5-8(9)10(14)11(12,13)7-15;/h3-6,10,15H,2,7,14H2,1H3;1H/t10-;/m1./s1. The van der Waals surface area contributed by atoms with Crippen LogP contribution in [0.5, 0.6) is 5.75 Å². The van der Waals surface area contributed by atoms with Crippen LogP contribution in [0.3, 0.4) is 0 Å². The average molecular weight is 268 g/mol. The van der Waals surface area contributed by atoms with Crippen molar-refractivity contribution in [2.24, 2.45) is 5.73 Å². The van der Waals surface area contributed by atoms with Crippen LogP contribution in [-0.4, -0.2) is 24.2 Å². The molecule has 0 aliphatic rings. The summed E-state index contributed by atoms with van der Waals surface area (Å²) in [4.78, 5) is 0. The Labute approximate surface area is 105 Å². The van der Waals surface area contributed by atoms with Gasteiger partial charge in [-0.2, -0.15) is 0 Å².